The van der Waals surface area contributed by atoms with Crippen LogP contribution in [-0.4, -0.2) is 21.7 Å². The molecule has 0 saturated heterocycles. The normalized spacial score (nSPS) is 14.6. The Labute approximate surface area is 88.3 Å². The largest absolute Gasteiger partial charge is 0.508 e. The molecule has 1 aromatic carbocycles. The van der Waals surface area contributed by atoms with Gasteiger partial charge in [0.05, 0.1) is 0 Å². The third-order valence-electron chi connectivity index (χ3n) is 2.32. The van der Waals surface area contributed by atoms with E-state index in [1.165, 1.54) is 6.92 Å². The minimum Gasteiger partial charge on any atom is -0.508 e. The number of phenols is 1. The second kappa shape index (κ2) is 3.90. The van der Waals surface area contributed by atoms with Crippen LogP contribution in [0.5, 0.6) is 5.75 Å². The number of carbonyl (C=O) groups is 1. The third-order valence-corrected chi connectivity index (χ3v) is 2.32. The summed E-state index contributed by atoms with van der Waals surface area (Å²) in [4.78, 5) is 10.8. The molecule has 0 aliphatic heterocycles. The smallest absolute Gasteiger partial charge is 0.323 e. The molecule has 1 unspecified atom stereocenters. The summed E-state index contributed by atoms with van der Waals surface area (Å²) in [6, 6.07) is 4.96. The van der Waals surface area contributed by atoms with Crippen molar-refractivity contribution in [1.29, 1.82) is 0 Å². The molecule has 1 aromatic rings. The third kappa shape index (κ3) is 2.70. The molecule has 4 N–H and O–H groups in total. The van der Waals surface area contributed by atoms with Crippen molar-refractivity contribution >= 4 is 5.97 Å². The zero-order valence-corrected chi connectivity index (χ0v) is 8.82. The van der Waals surface area contributed by atoms with Gasteiger partial charge in [0.25, 0.3) is 0 Å². The molecule has 82 valence electrons. The van der Waals surface area contributed by atoms with E-state index in [2.05, 4.69) is 0 Å². The number of nitrogens with two attached hydrogens (primary N) is 1. The molecule has 1 rings (SSSR count). The van der Waals surface area contributed by atoms with Crippen molar-refractivity contribution in [3.05, 3.63) is 29.3 Å². The average Bonchev–Trinajstić information content (AvgIpc) is 2.10. The fourth-order valence-electron chi connectivity index (χ4n) is 1.33. The van der Waals surface area contributed by atoms with Crippen LogP contribution in [0.4, 0.5) is 0 Å². The van der Waals surface area contributed by atoms with E-state index in [0.29, 0.717) is 5.56 Å². The highest BCUT2D eigenvalue weighted by Crippen LogP contribution is 2.19. The maximum absolute atomic E-state index is 10.8. The van der Waals surface area contributed by atoms with Crippen molar-refractivity contribution in [1.82, 2.24) is 0 Å². The quantitative estimate of drug-likeness (QED) is 0.694. The van der Waals surface area contributed by atoms with Crippen molar-refractivity contribution in [3.63, 3.8) is 0 Å². The molecule has 0 saturated carbocycles. The lowest BCUT2D eigenvalue weighted by atomic mass is 9.93. The van der Waals surface area contributed by atoms with Crippen LogP contribution in [0.2, 0.25) is 0 Å². The number of aromatic hydroxyl groups is 1. The number of benzene rings is 1. The van der Waals surface area contributed by atoms with Gasteiger partial charge in [0, 0.05) is 6.42 Å². The standard InChI is InChI=1S/C11H15NO3/c1-7-5-8(3-4-9(7)13)6-11(2,12)10(14)15/h3-5,13H,6,12H2,1-2H3,(H,14,15). The number of carboxylic acid groups (broad SMARTS) is 1. The van der Waals surface area contributed by atoms with Gasteiger partial charge in [0.15, 0.2) is 0 Å². The van der Waals surface area contributed by atoms with Gasteiger partial charge in [-0.3, -0.25) is 4.79 Å². The Hall–Kier alpha value is -1.55. The summed E-state index contributed by atoms with van der Waals surface area (Å²) >= 11 is 0. The van der Waals surface area contributed by atoms with E-state index in [0.717, 1.165) is 5.56 Å². The molecule has 0 amide bonds. The molecule has 0 heterocycles. The molecule has 15 heavy (non-hydrogen) atoms. The van der Waals surface area contributed by atoms with Crippen LogP contribution in [0.1, 0.15) is 18.1 Å². The Morgan fingerprint density at radius 1 is 1.53 bits per heavy atom. The molecule has 0 fully saturated rings. The first-order chi connectivity index (χ1) is 6.83. The average molecular weight is 209 g/mol. The van der Waals surface area contributed by atoms with Crippen LogP contribution in [0.25, 0.3) is 0 Å². The van der Waals surface area contributed by atoms with Gasteiger partial charge in [0.1, 0.15) is 11.3 Å². The lowest BCUT2D eigenvalue weighted by Crippen LogP contribution is -2.46. The number of hydrogen-bond acceptors (Lipinski definition) is 3. The van der Waals surface area contributed by atoms with E-state index in [1.54, 1.807) is 25.1 Å². The van der Waals surface area contributed by atoms with Crippen molar-refractivity contribution < 1.29 is 15.0 Å². The van der Waals surface area contributed by atoms with E-state index in [9.17, 15) is 9.90 Å². The molecule has 0 aromatic heterocycles. The summed E-state index contributed by atoms with van der Waals surface area (Å²) in [7, 11) is 0. The highest BCUT2D eigenvalue weighted by atomic mass is 16.4. The van der Waals surface area contributed by atoms with Crippen molar-refractivity contribution in [2.24, 2.45) is 5.73 Å². The van der Waals surface area contributed by atoms with Gasteiger partial charge in [0.2, 0.25) is 0 Å². The monoisotopic (exact) mass is 209 g/mol. The van der Waals surface area contributed by atoms with Crippen LogP contribution < -0.4 is 5.73 Å². The molecular formula is C11H15NO3. The number of phenolic OH excluding ortho intramolecular Hbond substituents is 1. The lowest BCUT2D eigenvalue weighted by Gasteiger charge is -2.19. The zero-order chi connectivity index (χ0) is 11.6. The maximum atomic E-state index is 10.8. The molecular weight excluding hydrogens is 194 g/mol. The van der Waals surface area contributed by atoms with Crippen LogP contribution in [0.3, 0.4) is 0 Å². The van der Waals surface area contributed by atoms with Gasteiger partial charge in [-0.2, -0.15) is 0 Å². The molecule has 0 aliphatic carbocycles. The first-order valence-corrected chi connectivity index (χ1v) is 4.64. The minimum atomic E-state index is -1.27. The summed E-state index contributed by atoms with van der Waals surface area (Å²) in [5.74, 6) is -0.832. The first kappa shape index (κ1) is 11.5. The minimum absolute atomic E-state index is 0.202. The number of aliphatic carboxylic acids is 1. The van der Waals surface area contributed by atoms with E-state index < -0.39 is 11.5 Å². The summed E-state index contributed by atoms with van der Waals surface area (Å²) in [5, 5.41) is 18.2. The summed E-state index contributed by atoms with van der Waals surface area (Å²) in [5.41, 5.74) is 5.86. The van der Waals surface area contributed by atoms with Gasteiger partial charge in [-0.1, -0.05) is 12.1 Å². The number of carboxylic acids is 1. The van der Waals surface area contributed by atoms with Crippen LogP contribution >= 0.6 is 0 Å². The van der Waals surface area contributed by atoms with Crippen molar-refractivity contribution in [3.8, 4) is 5.75 Å². The lowest BCUT2D eigenvalue weighted by molar-refractivity contribution is -0.142. The number of rotatable bonds is 3. The molecule has 1 atom stereocenters. The molecule has 0 radical (unpaired) electrons. The molecule has 0 aliphatic rings. The predicted octanol–water partition coefficient (Wildman–Crippen LogP) is 1.05. The Balaban J connectivity index is 2.91. The fourth-order valence-corrected chi connectivity index (χ4v) is 1.33. The Kier molecular flexibility index (Phi) is 3.00. The Morgan fingerprint density at radius 3 is 2.60 bits per heavy atom. The SMILES string of the molecule is Cc1cc(CC(C)(N)C(=O)O)ccc1O. The number of hydrogen-bond donors (Lipinski definition) is 3. The fraction of sp³-hybridized carbons (Fsp3) is 0.364. The highest BCUT2D eigenvalue weighted by molar-refractivity contribution is 5.78. The molecule has 4 nitrogen and oxygen atoms in total. The molecule has 0 bridgehead atoms. The molecule has 4 heteroatoms. The van der Waals surface area contributed by atoms with Crippen molar-refractivity contribution in [2.75, 3.05) is 0 Å². The van der Waals surface area contributed by atoms with E-state index >= 15 is 0 Å². The maximum Gasteiger partial charge on any atom is 0.323 e. The summed E-state index contributed by atoms with van der Waals surface area (Å²) in [6.45, 7) is 3.23. The van der Waals surface area contributed by atoms with E-state index in [1.807, 2.05) is 0 Å². The second-order valence-electron chi connectivity index (χ2n) is 4.02. The Morgan fingerprint density at radius 2 is 2.13 bits per heavy atom. The number of aryl methyl sites for hydroxylation is 1. The Bertz CT molecular complexity index is 385. The second-order valence-corrected chi connectivity index (χ2v) is 4.02. The van der Waals surface area contributed by atoms with Gasteiger partial charge in [-0.05, 0) is 31.0 Å². The summed E-state index contributed by atoms with van der Waals surface area (Å²) in [6.07, 6.45) is 0.240. The highest BCUT2D eigenvalue weighted by Gasteiger charge is 2.28. The predicted molar refractivity (Wildman–Crippen MR) is 56.8 cm³/mol. The van der Waals surface area contributed by atoms with Gasteiger partial charge < -0.3 is 15.9 Å². The van der Waals surface area contributed by atoms with Crippen molar-refractivity contribution in [2.45, 2.75) is 25.8 Å². The van der Waals surface area contributed by atoms with Gasteiger partial charge >= 0.3 is 5.97 Å². The van der Waals surface area contributed by atoms with Crippen LogP contribution in [0.15, 0.2) is 18.2 Å². The summed E-state index contributed by atoms with van der Waals surface area (Å²) < 4.78 is 0. The zero-order valence-electron chi connectivity index (χ0n) is 8.82. The van der Waals surface area contributed by atoms with Gasteiger partial charge in [-0.15, -0.1) is 0 Å². The topological polar surface area (TPSA) is 83.6 Å². The van der Waals surface area contributed by atoms with E-state index in [-0.39, 0.29) is 12.2 Å². The first-order valence-electron chi connectivity index (χ1n) is 4.64. The van der Waals surface area contributed by atoms with Crippen LogP contribution in [0, 0.1) is 6.92 Å². The van der Waals surface area contributed by atoms with E-state index in [4.69, 9.17) is 10.8 Å². The molecule has 0 spiro atoms. The van der Waals surface area contributed by atoms with Crippen LogP contribution in [-0.2, 0) is 11.2 Å². The van der Waals surface area contributed by atoms with Gasteiger partial charge in [-0.25, -0.2) is 0 Å².